The van der Waals surface area contributed by atoms with Crippen LogP contribution < -0.4 is 5.73 Å². The van der Waals surface area contributed by atoms with Gasteiger partial charge in [0, 0.05) is 12.6 Å². The average molecular weight is 240 g/mol. The minimum Gasteiger partial charge on any atom is -0.330 e. The zero-order chi connectivity index (χ0) is 12.8. The van der Waals surface area contributed by atoms with Gasteiger partial charge < -0.3 is 10.6 Å². The number of nitrogens with two attached hydrogens (primary N) is 1. The van der Waals surface area contributed by atoms with Crippen LogP contribution in [0.5, 0.6) is 0 Å². The Morgan fingerprint density at radius 3 is 2.53 bits per heavy atom. The van der Waals surface area contributed by atoms with Crippen molar-refractivity contribution in [3.05, 3.63) is 0 Å². The number of nitrogens with zero attached hydrogens (tertiary/aromatic N) is 1. The number of hydrogen-bond acceptors (Lipinski definition) is 2. The Kier molecular flexibility index (Phi) is 6.50. The SMILES string of the molecule is CCC(C)CN(CC)C1CC(C)CCC1CN. The van der Waals surface area contributed by atoms with E-state index in [1.807, 2.05) is 0 Å². The van der Waals surface area contributed by atoms with Crippen LogP contribution in [0.15, 0.2) is 0 Å². The molecule has 1 rings (SSSR count). The smallest absolute Gasteiger partial charge is 0.0138 e. The normalized spacial score (nSPS) is 31.8. The minimum absolute atomic E-state index is 0.732. The molecule has 17 heavy (non-hydrogen) atoms. The molecule has 0 spiro atoms. The largest absolute Gasteiger partial charge is 0.330 e. The summed E-state index contributed by atoms with van der Waals surface area (Å²) in [5.41, 5.74) is 5.97. The summed E-state index contributed by atoms with van der Waals surface area (Å²) in [4.78, 5) is 2.70. The van der Waals surface area contributed by atoms with Gasteiger partial charge in [-0.3, -0.25) is 0 Å². The van der Waals surface area contributed by atoms with Crippen LogP contribution in [0.1, 0.15) is 53.4 Å². The van der Waals surface area contributed by atoms with Gasteiger partial charge in [-0.25, -0.2) is 0 Å². The maximum absolute atomic E-state index is 5.97. The number of rotatable bonds is 6. The lowest BCUT2D eigenvalue weighted by molar-refractivity contribution is 0.0779. The lowest BCUT2D eigenvalue weighted by Gasteiger charge is -2.42. The molecule has 0 saturated heterocycles. The van der Waals surface area contributed by atoms with Crippen LogP contribution in [-0.2, 0) is 0 Å². The fourth-order valence-corrected chi connectivity index (χ4v) is 3.16. The number of hydrogen-bond donors (Lipinski definition) is 1. The summed E-state index contributed by atoms with van der Waals surface area (Å²) < 4.78 is 0. The fraction of sp³-hybridized carbons (Fsp3) is 1.00. The molecule has 2 nitrogen and oxygen atoms in total. The second-order valence-corrected chi connectivity index (χ2v) is 6.08. The molecule has 0 amide bonds. The van der Waals surface area contributed by atoms with Crippen LogP contribution in [0, 0.1) is 17.8 Å². The van der Waals surface area contributed by atoms with Gasteiger partial charge in [0.1, 0.15) is 0 Å². The van der Waals surface area contributed by atoms with Crippen LogP contribution in [0.25, 0.3) is 0 Å². The van der Waals surface area contributed by atoms with Crippen molar-refractivity contribution in [3.63, 3.8) is 0 Å². The lowest BCUT2D eigenvalue weighted by Crippen LogP contribution is -2.48. The third-order valence-electron chi connectivity index (χ3n) is 4.64. The average Bonchev–Trinajstić information content (AvgIpc) is 2.35. The topological polar surface area (TPSA) is 29.3 Å². The summed E-state index contributed by atoms with van der Waals surface area (Å²) in [6, 6.07) is 0.739. The molecule has 102 valence electrons. The Labute approximate surface area is 108 Å². The third-order valence-corrected chi connectivity index (χ3v) is 4.64. The molecule has 0 heterocycles. The van der Waals surface area contributed by atoms with Gasteiger partial charge in [0.25, 0.3) is 0 Å². The molecule has 0 radical (unpaired) electrons. The molecule has 2 heteroatoms. The molecule has 0 aromatic carbocycles. The molecule has 0 aliphatic heterocycles. The van der Waals surface area contributed by atoms with Crippen molar-refractivity contribution in [1.82, 2.24) is 4.90 Å². The molecule has 1 aliphatic carbocycles. The second-order valence-electron chi connectivity index (χ2n) is 6.08. The first-order chi connectivity index (χ1) is 8.12. The summed E-state index contributed by atoms with van der Waals surface area (Å²) in [5, 5.41) is 0. The summed E-state index contributed by atoms with van der Waals surface area (Å²) in [5.74, 6) is 2.43. The molecule has 2 N–H and O–H groups in total. The van der Waals surface area contributed by atoms with Crippen molar-refractivity contribution in [1.29, 1.82) is 0 Å². The molecular formula is C15H32N2. The first kappa shape index (κ1) is 15.0. The highest BCUT2D eigenvalue weighted by Gasteiger charge is 2.31. The van der Waals surface area contributed by atoms with Crippen LogP contribution in [0.2, 0.25) is 0 Å². The Morgan fingerprint density at radius 2 is 2.00 bits per heavy atom. The zero-order valence-electron chi connectivity index (χ0n) is 12.3. The first-order valence-corrected chi connectivity index (χ1v) is 7.56. The highest BCUT2D eigenvalue weighted by atomic mass is 15.2. The van der Waals surface area contributed by atoms with Crippen LogP contribution in [-0.4, -0.2) is 30.6 Å². The van der Waals surface area contributed by atoms with Gasteiger partial charge >= 0.3 is 0 Å². The van der Waals surface area contributed by atoms with Gasteiger partial charge in [-0.1, -0.05) is 40.5 Å². The highest BCUT2D eigenvalue weighted by molar-refractivity contribution is 4.86. The molecular weight excluding hydrogens is 208 g/mol. The summed E-state index contributed by atoms with van der Waals surface area (Å²) >= 11 is 0. The van der Waals surface area contributed by atoms with Gasteiger partial charge in [-0.15, -0.1) is 0 Å². The van der Waals surface area contributed by atoms with Crippen molar-refractivity contribution in [2.24, 2.45) is 23.5 Å². The van der Waals surface area contributed by atoms with E-state index in [2.05, 4.69) is 32.6 Å². The van der Waals surface area contributed by atoms with E-state index in [4.69, 9.17) is 5.73 Å². The predicted molar refractivity (Wildman–Crippen MR) is 76.0 cm³/mol. The molecule has 0 bridgehead atoms. The van der Waals surface area contributed by atoms with Gasteiger partial charge in [0.05, 0.1) is 0 Å². The first-order valence-electron chi connectivity index (χ1n) is 7.56. The van der Waals surface area contributed by atoms with E-state index in [-0.39, 0.29) is 0 Å². The molecule has 4 unspecified atom stereocenters. The summed E-state index contributed by atoms with van der Waals surface area (Å²) in [7, 11) is 0. The van der Waals surface area contributed by atoms with E-state index in [9.17, 15) is 0 Å². The lowest BCUT2D eigenvalue weighted by atomic mass is 9.78. The minimum atomic E-state index is 0.732. The van der Waals surface area contributed by atoms with Crippen molar-refractivity contribution in [2.75, 3.05) is 19.6 Å². The monoisotopic (exact) mass is 240 g/mol. The molecule has 1 fully saturated rings. The maximum Gasteiger partial charge on any atom is 0.0138 e. The van der Waals surface area contributed by atoms with E-state index in [0.29, 0.717) is 0 Å². The Morgan fingerprint density at radius 1 is 1.29 bits per heavy atom. The Balaban J connectivity index is 2.62. The Hall–Kier alpha value is -0.0800. The standard InChI is InChI=1S/C15H32N2/c1-5-12(3)11-17(6-2)15-9-13(4)7-8-14(15)10-16/h12-15H,5-11,16H2,1-4H3. The van der Waals surface area contributed by atoms with Gasteiger partial charge in [-0.2, -0.15) is 0 Å². The molecule has 0 aromatic heterocycles. The van der Waals surface area contributed by atoms with Crippen molar-refractivity contribution < 1.29 is 0 Å². The van der Waals surface area contributed by atoms with Crippen molar-refractivity contribution in [2.45, 2.75) is 59.4 Å². The third kappa shape index (κ3) is 4.26. The molecule has 0 aromatic rings. The highest BCUT2D eigenvalue weighted by Crippen LogP contribution is 2.32. The summed E-state index contributed by atoms with van der Waals surface area (Å²) in [6.07, 6.45) is 5.34. The van der Waals surface area contributed by atoms with E-state index < -0.39 is 0 Å². The van der Waals surface area contributed by atoms with Gasteiger partial charge in [-0.05, 0) is 43.7 Å². The van der Waals surface area contributed by atoms with Crippen molar-refractivity contribution in [3.8, 4) is 0 Å². The summed E-state index contributed by atoms with van der Waals surface area (Å²) in [6.45, 7) is 12.7. The Bertz CT molecular complexity index is 205. The fourth-order valence-electron chi connectivity index (χ4n) is 3.16. The predicted octanol–water partition coefficient (Wildman–Crippen LogP) is 3.12. The van der Waals surface area contributed by atoms with Gasteiger partial charge in [0.15, 0.2) is 0 Å². The van der Waals surface area contributed by atoms with Crippen LogP contribution >= 0.6 is 0 Å². The van der Waals surface area contributed by atoms with E-state index in [1.165, 1.54) is 38.8 Å². The quantitative estimate of drug-likeness (QED) is 0.773. The van der Waals surface area contributed by atoms with E-state index in [0.717, 1.165) is 30.3 Å². The van der Waals surface area contributed by atoms with Crippen LogP contribution in [0.4, 0.5) is 0 Å². The van der Waals surface area contributed by atoms with E-state index >= 15 is 0 Å². The van der Waals surface area contributed by atoms with Crippen molar-refractivity contribution >= 4 is 0 Å². The molecule has 4 atom stereocenters. The van der Waals surface area contributed by atoms with E-state index in [1.54, 1.807) is 0 Å². The molecule has 1 aliphatic rings. The van der Waals surface area contributed by atoms with Gasteiger partial charge in [0.2, 0.25) is 0 Å². The molecule has 1 saturated carbocycles. The second kappa shape index (κ2) is 7.38. The zero-order valence-corrected chi connectivity index (χ0v) is 12.3. The maximum atomic E-state index is 5.97. The van der Waals surface area contributed by atoms with Crippen LogP contribution in [0.3, 0.4) is 0 Å².